The molecular weight excluding hydrogens is 216 g/mol. The number of hydrogen-bond acceptors (Lipinski definition) is 3. The van der Waals surface area contributed by atoms with Gasteiger partial charge < -0.3 is 4.74 Å². The number of rotatable bonds is 5. The highest BCUT2D eigenvalue weighted by atomic mass is 35.5. The zero-order valence-electron chi connectivity index (χ0n) is 9.22. The summed E-state index contributed by atoms with van der Waals surface area (Å²) in [6.07, 6.45) is 2.72. The molecule has 1 unspecified atom stereocenters. The monoisotopic (exact) mass is 232 g/mol. The molecule has 0 aromatic heterocycles. The third-order valence-corrected chi connectivity index (χ3v) is 3.22. The highest BCUT2D eigenvalue weighted by molar-refractivity contribution is 6.31. The zero-order chi connectivity index (χ0) is 11.5. The summed E-state index contributed by atoms with van der Waals surface area (Å²) in [5, 5.41) is -0.517. The Hall–Kier alpha value is -0.570. The number of esters is 1. The van der Waals surface area contributed by atoms with Gasteiger partial charge in [0.1, 0.15) is 0 Å². The fourth-order valence-electron chi connectivity index (χ4n) is 1.81. The van der Waals surface area contributed by atoms with Crippen molar-refractivity contribution < 1.29 is 14.3 Å². The maximum Gasteiger partial charge on any atom is 0.312 e. The summed E-state index contributed by atoms with van der Waals surface area (Å²) in [7, 11) is 0. The first kappa shape index (κ1) is 12.5. The Bertz CT molecular complexity index is 257. The maximum atomic E-state index is 11.7. The molecule has 0 spiro atoms. The average molecular weight is 233 g/mol. The molecule has 0 heterocycles. The molecular formula is C11H17ClO3. The van der Waals surface area contributed by atoms with Gasteiger partial charge in [-0.3, -0.25) is 9.59 Å². The van der Waals surface area contributed by atoms with E-state index in [1.165, 1.54) is 0 Å². The maximum absolute atomic E-state index is 11.7. The molecule has 1 atom stereocenters. The van der Waals surface area contributed by atoms with Crippen molar-refractivity contribution in [2.45, 2.75) is 44.9 Å². The van der Waals surface area contributed by atoms with Crippen molar-refractivity contribution in [1.29, 1.82) is 0 Å². The molecule has 0 radical (unpaired) electrons. The van der Waals surface area contributed by atoms with Crippen LogP contribution >= 0.6 is 11.6 Å². The number of halogens is 1. The largest absolute Gasteiger partial charge is 0.466 e. The van der Waals surface area contributed by atoms with Crippen LogP contribution in [0.4, 0.5) is 0 Å². The summed E-state index contributed by atoms with van der Waals surface area (Å²) in [4.78, 5) is 23.2. The lowest BCUT2D eigenvalue weighted by atomic mass is 9.65. The van der Waals surface area contributed by atoms with Crippen molar-refractivity contribution in [2.24, 2.45) is 5.41 Å². The number of Topliss-reactive ketones (excluding diaryl/α,β-unsaturated/α-hetero) is 1. The van der Waals surface area contributed by atoms with Crippen LogP contribution in [0.1, 0.15) is 39.5 Å². The normalized spacial score (nSPS) is 20.2. The highest BCUT2D eigenvalue weighted by Crippen LogP contribution is 2.45. The predicted octanol–water partition coefficient (Wildman–Crippen LogP) is 2.31. The average Bonchev–Trinajstić information content (AvgIpc) is 2.10. The fourth-order valence-corrected chi connectivity index (χ4v) is 1.89. The van der Waals surface area contributed by atoms with Gasteiger partial charge in [-0.15, -0.1) is 11.6 Å². The topological polar surface area (TPSA) is 43.4 Å². The van der Waals surface area contributed by atoms with Gasteiger partial charge in [0.2, 0.25) is 0 Å². The van der Waals surface area contributed by atoms with Crippen molar-refractivity contribution in [3.63, 3.8) is 0 Å². The summed E-state index contributed by atoms with van der Waals surface area (Å²) >= 11 is 5.70. The second-order valence-corrected chi connectivity index (χ2v) is 4.77. The van der Waals surface area contributed by atoms with Crippen LogP contribution in [-0.4, -0.2) is 23.7 Å². The van der Waals surface area contributed by atoms with Crippen molar-refractivity contribution >= 4 is 23.4 Å². The van der Waals surface area contributed by atoms with E-state index in [4.69, 9.17) is 16.3 Å². The van der Waals surface area contributed by atoms with Crippen LogP contribution in [-0.2, 0) is 14.3 Å². The zero-order valence-corrected chi connectivity index (χ0v) is 9.97. The van der Waals surface area contributed by atoms with Gasteiger partial charge in [-0.2, -0.15) is 0 Å². The van der Waals surface area contributed by atoms with E-state index >= 15 is 0 Å². The molecule has 1 aliphatic rings. The predicted molar refractivity (Wildman–Crippen MR) is 57.9 cm³/mol. The first-order valence-corrected chi connectivity index (χ1v) is 5.79. The molecule has 1 saturated carbocycles. The molecule has 0 aromatic rings. The SMILES string of the molecule is CCOC(=O)C1(CC(=O)C(C)Cl)CCC1. The minimum atomic E-state index is -0.559. The van der Waals surface area contributed by atoms with Crippen LogP contribution in [0.3, 0.4) is 0 Å². The molecule has 0 amide bonds. The van der Waals surface area contributed by atoms with E-state index in [9.17, 15) is 9.59 Å². The van der Waals surface area contributed by atoms with Gasteiger partial charge in [0.15, 0.2) is 5.78 Å². The van der Waals surface area contributed by atoms with E-state index in [0.29, 0.717) is 6.61 Å². The molecule has 0 aliphatic heterocycles. The number of carbonyl (C=O) groups is 2. The van der Waals surface area contributed by atoms with Crippen molar-refractivity contribution in [3.05, 3.63) is 0 Å². The van der Waals surface area contributed by atoms with Gasteiger partial charge in [0.25, 0.3) is 0 Å². The Morgan fingerprint density at radius 2 is 2.07 bits per heavy atom. The quantitative estimate of drug-likeness (QED) is 0.540. The van der Waals surface area contributed by atoms with Gasteiger partial charge in [0.05, 0.1) is 17.4 Å². The second-order valence-electron chi connectivity index (χ2n) is 4.11. The third kappa shape index (κ3) is 2.71. The number of ketones is 1. The van der Waals surface area contributed by atoms with Gasteiger partial charge >= 0.3 is 5.97 Å². The van der Waals surface area contributed by atoms with Crippen molar-refractivity contribution in [2.75, 3.05) is 6.61 Å². The van der Waals surface area contributed by atoms with Gasteiger partial charge in [-0.25, -0.2) is 0 Å². The van der Waals surface area contributed by atoms with E-state index < -0.39 is 10.8 Å². The fraction of sp³-hybridized carbons (Fsp3) is 0.818. The minimum Gasteiger partial charge on any atom is -0.466 e. The Morgan fingerprint density at radius 1 is 1.47 bits per heavy atom. The molecule has 0 N–H and O–H groups in total. The summed E-state index contributed by atoms with van der Waals surface area (Å²) in [6, 6.07) is 0. The summed E-state index contributed by atoms with van der Waals surface area (Å²) in [5.41, 5.74) is -0.559. The standard InChI is InChI=1S/C11H17ClO3/c1-3-15-10(14)11(5-4-6-11)7-9(13)8(2)12/h8H,3-7H2,1-2H3. The molecule has 1 aliphatic carbocycles. The first-order valence-electron chi connectivity index (χ1n) is 5.36. The van der Waals surface area contributed by atoms with Crippen LogP contribution in [0.2, 0.25) is 0 Å². The molecule has 15 heavy (non-hydrogen) atoms. The summed E-state index contributed by atoms with van der Waals surface area (Å²) in [6.45, 7) is 3.78. The molecule has 0 bridgehead atoms. The van der Waals surface area contributed by atoms with Gasteiger partial charge in [-0.1, -0.05) is 6.42 Å². The molecule has 1 fully saturated rings. The lowest BCUT2D eigenvalue weighted by Crippen LogP contribution is -2.42. The van der Waals surface area contributed by atoms with Crippen molar-refractivity contribution in [3.8, 4) is 0 Å². The van der Waals surface area contributed by atoms with E-state index in [-0.39, 0.29) is 18.2 Å². The van der Waals surface area contributed by atoms with E-state index in [0.717, 1.165) is 19.3 Å². The Morgan fingerprint density at radius 3 is 2.40 bits per heavy atom. The highest BCUT2D eigenvalue weighted by Gasteiger charge is 2.47. The third-order valence-electron chi connectivity index (χ3n) is 2.98. The number of alkyl halides is 1. The first-order chi connectivity index (χ1) is 7.02. The van der Waals surface area contributed by atoms with E-state index in [1.54, 1.807) is 13.8 Å². The van der Waals surface area contributed by atoms with Crippen LogP contribution in [0, 0.1) is 5.41 Å². The number of carbonyl (C=O) groups excluding carboxylic acids is 2. The van der Waals surface area contributed by atoms with Crippen LogP contribution in [0.15, 0.2) is 0 Å². The molecule has 3 nitrogen and oxygen atoms in total. The molecule has 0 saturated heterocycles. The van der Waals surface area contributed by atoms with E-state index in [1.807, 2.05) is 0 Å². The molecule has 4 heteroatoms. The summed E-state index contributed by atoms with van der Waals surface area (Å²) < 4.78 is 5.00. The Balaban J connectivity index is 2.61. The van der Waals surface area contributed by atoms with Crippen LogP contribution in [0.25, 0.3) is 0 Å². The van der Waals surface area contributed by atoms with Crippen molar-refractivity contribution in [1.82, 2.24) is 0 Å². The number of ether oxygens (including phenoxy) is 1. The lowest BCUT2D eigenvalue weighted by molar-refractivity contribution is -0.163. The lowest BCUT2D eigenvalue weighted by Gasteiger charge is -2.38. The second kappa shape index (κ2) is 4.97. The van der Waals surface area contributed by atoms with Crippen LogP contribution in [0.5, 0.6) is 0 Å². The summed E-state index contributed by atoms with van der Waals surface area (Å²) in [5.74, 6) is -0.300. The Labute approximate surface area is 95.1 Å². The van der Waals surface area contributed by atoms with Gasteiger partial charge in [0, 0.05) is 6.42 Å². The Kier molecular flexibility index (Phi) is 4.14. The minimum absolute atomic E-state index is 0.0654. The van der Waals surface area contributed by atoms with Crippen LogP contribution < -0.4 is 0 Å². The molecule has 0 aromatic carbocycles. The smallest absolute Gasteiger partial charge is 0.312 e. The number of hydrogen-bond donors (Lipinski definition) is 0. The van der Waals surface area contributed by atoms with E-state index in [2.05, 4.69) is 0 Å². The van der Waals surface area contributed by atoms with Gasteiger partial charge in [-0.05, 0) is 26.7 Å². The molecule has 1 rings (SSSR count). The molecule has 86 valence electrons.